The van der Waals surface area contributed by atoms with Gasteiger partial charge in [0.2, 0.25) is 0 Å². The van der Waals surface area contributed by atoms with Crippen LogP contribution < -0.4 is 0 Å². The molecule has 0 amide bonds. The Balaban J connectivity index is 2.20. The van der Waals surface area contributed by atoms with Crippen molar-refractivity contribution in [2.75, 3.05) is 0 Å². The molecule has 0 bridgehead atoms. The van der Waals surface area contributed by atoms with Gasteiger partial charge in [-0.15, -0.1) is 6.58 Å². The van der Waals surface area contributed by atoms with Crippen molar-refractivity contribution in [3.63, 3.8) is 0 Å². The highest BCUT2D eigenvalue weighted by molar-refractivity contribution is 5.07. The molecule has 92 valence electrons. The van der Waals surface area contributed by atoms with E-state index < -0.39 is 36.0 Å². The molecule has 2 saturated heterocycles. The van der Waals surface area contributed by atoms with E-state index in [0.29, 0.717) is 0 Å². The van der Waals surface area contributed by atoms with Crippen molar-refractivity contribution in [3.05, 3.63) is 12.7 Å². The van der Waals surface area contributed by atoms with Crippen molar-refractivity contribution in [1.82, 2.24) is 0 Å². The summed E-state index contributed by atoms with van der Waals surface area (Å²) < 4.78 is 16.5. The Morgan fingerprint density at radius 2 is 1.94 bits per heavy atom. The van der Waals surface area contributed by atoms with Crippen LogP contribution in [0, 0.1) is 0 Å². The van der Waals surface area contributed by atoms with Crippen molar-refractivity contribution < 1.29 is 24.4 Å². The van der Waals surface area contributed by atoms with Crippen molar-refractivity contribution in [2.24, 2.45) is 0 Å². The highest BCUT2D eigenvalue weighted by Crippen LogP contribution is 2.43. The van der Waals surface area contributed by atoms with Gasteiger partial charge in [0.15, 0.2) is 12.1 Å². The van der Waals surface area contributed by atoms with E-state index in [1.165, 1.54) is 6.08 Å². The minimum atomic E-state index is -1.30. The third kappa shape index (κ3) is 1.69. The quantitative estimate of drug-likeness (QED) is 0.661. The number of ether oxygens (including phenoxy) is 3. The Kier molecular flexibility index (Phi) is 2.64. The van der Waals surface area contributed by atoms with Crippen LogP contribution in [-0.4, -0.2) is 46.2 Å². The summed E-state index contributed by atoms with van der Waals surface area (Å²) in [5.74, 6) is -0.774. The first-order valence-electron chi connectivity index (χ1n) is 5.32. The van der Waals surface area contributed by atoms with Gasteiger partial charge in [0.1, 0.15) is 23.9 Å². The van der Waals surface area contributed by atoms with Gasteiger partial charge < -0.3 is 24.4 Å². The molecular formula is C11H18O5. The predicted octanol–water partition coefficient (Wildman–Crippen LogP) is 0.161. The summed E-state index contributed by atoms with van der Waals surface area (Å²) in [5, 5.41) is 20.0. The fraction of sp³-hybridized carbons (Fsp3) is 0.818. The molecule has 0 unspecified atom stereocenters. The number of hydrogen-bond acceptors (Lipinski definition) is 5. The lowest BCUT2D eigenvalue weighted by molar-refractivity contribution is -0.236. The minimum absolute atomic E-state index is 0.595. The highest BCUT2D eigenvalue weighted by Gasteiger charge is 2.62. The second-order valence-corrected chi connectivity index (χ2v) is 4.93. The van der Waals surface area contributed by atoms with Gasteiger partial charge in [-0.05, 0) is 20.8 Å². The molecule has 2 N–H and O–H groups in total. The fourth-order valence-electron chi connectivity index (χ4n) is 2.22. The molecule has 2 fully saturated rings. The standard InChI is InChI=1S/C11H18O5/c1-5-6(12)7-11(4,13)8-9(14-7)16-10(2,3)15-8/h5-9,12-13H,1H2,2-4H3/t6-,7-,8+,9-,11+/m1/s1. The van der Waals surface area contributed by atoms with E-state index in [1.807, 2.05) is 0 Å². The number of aliphatic hydroxyl groups excluding tert-OH is 1. The summed E-state index contributed by atoms with van der Waals surface area (Å²) in [6, 6.07) is 0. The molecular weight excluding hydrogens is 212 g/mol. The third-order valence-electron chi connectivity index (χ3n) is 3.04. The van der Waals surface area contributed by atoms with Gasteiger partial charge in [-0.25, -0.2) is 0 Å². The van der Waals surface area contributed by atoms with Crippen LogP contribution in [0.15, 0.2) is 12.7 Å². The molecule has 0 saturated carbocycles. The molecule has 16 heavy (non-hydrogen) atoms. The molecule has 2 rings (SSSR count). The Morgan fingerprint density at radius 3 is 2.44 bits per heavy atom. The molecule has 0 radical (unpaired) electrons. The SMILES string of the molecule is C=C[C@@H](O)[C@H]1O[C@@H]2OC(C)(C)O[C@@H]2[C@@]1(C)O. The van der Waals surface area contributed by atoms with Crippen LogP contribution in [0.25, 0.3) is 0 Å². The lowest BCUT2D eigenvalue weighted by atomic mass is 9.91. The smallest absolute Gasteiger partial charge is 0.190 e. The van der Waals surface area contributed by atoms with Gasteiger partial charge in [-0.2, -0.15) is 0 Å². The van der Waals surface area contributed by atoms with E-state index >= 15 is 0 Å². The van der Waals surface area contributed by atoms with E-state index in [-0.39, 0.29) is 0 Å². The van der Waals surface area contributed by atoms with Crippen LogP contribution in [0.3, 0.4) is 0 Å². The monoisotopic (exact) mass is 230 g/mol. The maximum atomic E-state index is 10.3. The second kappa shape index (κ2) is 3.51. The van der Waals surface area contributed by atoms with Gasteiger partial charge in [-0.3, -0.25) is 0 Å². The van der Waals surface area contributed by atoms with Gasteiger partial charge >= 0.3 is 0 Å². The third-order valence-corrected chi connectivity index (χ3v) is 3.04. The maximum Gasteiger partial charge on any atom is 0.190 e. The Morgan fingerprint density at radius 1 is 1.31 bits per heavy atom. The molecule has 0 aliphatic carbocycles. The molecule has 5 nitrogen and oxygen atoms in total. The van der Waals surface area contributed by atoms with Gasteiger partial charge in [0.25, 0.3) is 0 Å². The average molecular weight is 230 g/mol. The molecule has 0 aromatic rings. The lowest BCUT2D eigenvalue weighted by Crippen LogP contribution is -2.50. The molecule has 2 aliphatic heterocycles. The Labute approximate surface area is 94.6 Å². The molecule has 0 spiro atoms. The van der Waals surface area contributed by atoms with Crippen molar-refractivity contribution in [2.45, 2.75) is 56.8 Å². The summed E-state index contributed by atoms with van der Waals surface area (Å²) in [5.41, 5.74) is -1.30. The van der Waals surface area contributed by atoms with Crippen LogP contribution in [-0.2, 0) is 14.2 Å². The first-order valence-corrected chi connectivity index (χ1v) is 5.32. The second-order valence-electron chi connectivity index (χ2n) is 4.93. The number of rotatable bonds is 2. The van der Waals surface area contributed by atoms with E-state index in [1.54, 1.807) is 20.8 Å². The maximum absolute atomic E-state index is 10.3. The van der Waals surface area contributed by atoms with E-state index in [4.69, 9.17) is 14.2 Å². The molecule has 0 aromatic heterocycles. The zero-order valence-corrected chi connectivity index (χ0v) is 9.71. The van der Waals surface area contributed by atoms with Crippen molar-refractivity contribution in [1.29, 1.82) is 0 Å². The molecule has 2 aliphatic rings. The number of aliphatic hydroxyl groups is 2. The van der Waals surface area contributed by atoms with Gasteiger partial charge in [0, 0.05) is 0 Å². The zero-order valence-electron chi connectivity index (χ0n) is 9.71. The number of hydrogen-bond donors (Lipinski definition) is 2. The van der Waals surface area contributed by atoms with Crippen LogP contribution >= 0.6 is 0 Å². The molecule has 0 aromatic carbocycles. The summed E-state index contributed by atoms with van der Waals surface area (Å²) in [6.07, 6.45) is -1.65. The van der Waals surface area contributed by atoms with Gasteiger partial charge in [-0.1, -0.05) is 6.08 Å². The van der Waals surface area contributed by atoms with Crippen LogP contribution in [0.2, 0.25) is 0 Å². The summed E-state index contributed by atoms with van der Waals surface area (Å²) >= 11 is 0. The van der Waals surface area contributed by atoms with Gasteiger partial charge in [0.05, 0.1) is 0 Å². The van der Waals surface area contributed by atoms with Crippen molar-refractivity contribution >= 4 is 0 Å². The van der Waals surface area contributed by atoms with Crippen molar-refractivity contribution in [3.8, 4) is 0 Å². The predicted molar refractivity (Wildman–Crippen MR) is 55.5 cm³/mol. The zero-order chi connectivity index (χ0) is 12.1. The Hall–Kier alpha value is -0.460. The largest absolute Gasteiger partial charge is 0.386 e. The lowest BCUT2D eigenvalue weighted by Gasteiger charge is -2.31. The summed E-state index contributed by atoms with van der Waals surface area (Å²) in [6.45, 7) is 8.55. The average Bonchev–Trinajstić information content (AvgIpc) is 2.59. The Bertz CT molecular complexity index is 299. The highest BCUT2D eigenvalue weighted by atomic mass is 16.8. The summed E-state index contributed by atoms with van der Waals surface area (Å²) in [7, 11) is 0. The van der Waals surface area contributed by atoms with Crippen LogP contribution in [0.1, 0.15) is 20.8 Å². The summed E-state index contributed by atoms with van der Waals surface area (Å²) in [4.78, 5) is 0. The van der Waals surface area contributed by atoms with E-state index in [0.717, 1.165) is 0 Å². The van der Waals surface area contributed by atoms with E-state index in [2.05, 4.69) is 6.58 Å². The van der Waals surface area contributed by atoms with Crippen LogP contribution in [0.4, 0.5) is 0 Å². The molecule has 2 heterocycles. The minimum Gasteiger partial charge on any atom is -0.386 e. The topological polar surface area (TPSA) is 68.2 Å². The first kappa shape index (κ1) is 12.0. The fourth-order valence-corrected chi connectivity index (χ4v) is 2.22. The van der Waals surface area contributed by atoms with Crippen LogP contribution in [0.5, 0.6) is 0 Å². The first-order chi connectivity index (χ1) is 7.28. The molecule has 5 heteroatoms. The number of fused-ring (bicyclic) bond motifs is 1. The molecule has 5 atom stereocenters. The van der Waals surface area contributed by atoms with E-state index in [9.17, 15) is 10.2 Å². The normalized spacial score (nSPS) is 47.7.